The van der Waals surface area contributed by atoms with Gasteiger partial charge in [0.15, 0.2) is 5.78 Å². The van der Waals surface area contributed by atoms with Gasteiger partial charge in [-0.1, -0.05) is 49.7 Å². The van der Waals surface area contributed by atoms with Crippen LogP contribution >= 0.6 is 15.9 Å². The molecule has 2 aliphatic carbocycles. The van der Waals surface area contributed by atoms with E-state index in [2.05, 4.69) is 43.6 Å². The fraction of sp³-hybridized carbons (Fsp3) is 0.526. The van der Waals surface area contributed by atoms with E-state index in [1.54, 1.807) is 0 Å². The Morgan fingerprint density at radius 1 is 1.32 bits per heavy atom. The summed E-state index contributed by atoms with van der Waals surface area (Å²) in [5, 5.41) is 11.0. The number of ketones is 1. The molecule has 0 saturated heterocycles. The summed E-state index contributed by atoms with van der Waals surface area (Å²) in [7, 11) is 0. The van der Waals surface area contributed by atoms with Crippen molar-refractivity contribution >= 4 is 27.3 Å². The molecule has 0 heterocycles. The van der Waals surface area contributed by atoms with E-state index in [-0.39, 0.29) is 22.5 Å². The van der Waals surface area contributed by atoms with E-state index in [9.17, 15) is 9.90 Å². The van der Waals surface area contributed by atoms with Crippen molar-refractivity contribution in [2.24, 2.45) is 16.7 Å². The molecule has 3 rings (SSSR count). The monoisotopic (exact) mass is 362 g/mol. The first-order chi connectivity index (χ1) is 10.2. The zero-order valence-electron chi connectivity index (χ0n) is 13.7. The van der Waals surface area contributed by atoms with Crippen LogP contribution in [-0.2, 0) is 11.2 Å². The molecule has 1 N–H and O–H groups in total. The number of allylic oxidation sites excluding steroid dienone is 2. The molecule has 2 bridgehead atoms. The molecular weight excluding hydrogens is 340 g/mol. The molecule has 118 valence electrons. The van der Waals surface area contributed by atoms with Crippen molar-refractivity contribution in [2.75, 3.05) is 0 Å². The Morgan fingerprint density at radius 2 is 2.00 bits per heavy atom. The Hall–Kier alpha value is -1.09. The first-order valence-electron chi connectivity index (χ1n) is 8.00. The third-order valence-corrected chi connectivity index (χ3v) is 6.76. The van der Waals surface area contributed by atoms with Crippen molar-refractivity contribution in [3.05, 3.63) is 39.6 Å². The second kappa shape index (κ2) is 4.95. The number of carbonyl (C=O) groups is 1. The average molecular weight is 363 g/mol. The normalized spacial score (nSPS) is 30.0. The highest BCUT2D eigenvalue weighted by molar-refractivity contribution is 9.10. The molecule has 2 atom stereocenters. The number of hydrogen-bond donors (Lipinski definition) is 1. The van der Waals surface area contributed by atoms with E-state index >= 15 is 0 Å². The number of Topliss-reactive ketones (excluding diaryl/α,β-unsaturated/α-hetero) is 1. The van der Waals surface area contributed by atoms with Crippen molar-refractivity contribution in [1.29, 1.82) is 0 Å². The lowest BCUT2D eigenvalue weighted by molar-refractivity contribution is -0.122. The fourth-order valence-corrected chi connectivity index (χ4v) is 4.66. The van der Waals surface area contributed by atoms with E-state index in [4.69, 9.17) is 0 Å². The lowest BCUT2D eigenvalue weighted by atomic mass is 9.58. The zero-order valence-corrected chi connectivity index (χ0v) is 15.3. The minimum atomic E-state index is -0.311. The van der Waals surface area contributed by atoms with Gasteiger partial charge < -0.3 is 5.11 Å². The fourth-order valence-electron chi connectivity index (χ4n) is 4.30. The average Bonchev–Trinajstić information content (AvgIpc) is 2.64. The van der Waals surface area contributed by atoms with E-state index in [1.807, 2.05) is 18.2 Å². The molecule has 22 heavy (non-hydrogen) atoms. The number of benzene rings is 1. The van der Waals surface area contributed by atoms with E-state index in [0.29, 0.717) is 11.3 Å². The van der Waals surface area contributed by atoms with E-state index in [0.717, 1.165) is 34.9 Å². The molecule has 2 unspecified atom stereocenters. The molecule has 1 fully saturated rings. The third-order valence-electron chi connectivity index (χ3n) is 6.27. The van der Waals surface area contributed by atoms with Crippen molar-refractivity contribution in [3.8, 4) is 0 Å². The summed E-state index contributed by atoms with van der Waals surface area (Å²) in [5.41, 5.74) is 2.07. The summed E-state index contributed by atoms with van der Waals surface area (Å²) in [6, 6.07) is 6.01. The van der Waals surface area contributed by atoms with Crippen molar-refractivity contribution in [2.45, 2.75) is 47.0 Å². The van der Waals surface area contributed by atoms with E-state index in [1.165, 1.54) is 0 Å². The van der Waals surface area contributed by atoms with Crippen LogP contribution in [0, 0.1) is 16.7 Å². The minimum absolute atomic E-state index is 0.00656. The standard InChI is InChI=1S/C19H23BrO2/c1-5-11-6-7-12(20)10-13(11)15-16(21)14-8-9-19(4,17(15)22)18(14,2)3/h6-7,10,14,22H,5,8-9H2,1-4H3. The molecule has 0 aliphatic heterocycles. The van der Waals surface area contributed by atoms with Gasteiger partial charge in [0.1, 0.15) is 5.76 Å². The summed E-state index contributed by atoms with van der Waals surface area (Å²) in [6.07, 6.45) is 2.59. The maximum atomic E-state index is 13.1. The lowest BCUT2D eigenvalue weighted by Crippen LogP contribution is -2.43. The summed E-state index contributed by atoms with van der Waals surface area (Å²) in [5.74, 6) is 0.418. The number of aliphatic hydroxyl groups is 1. The smallest absolute Gasteiger partial charge is 0.170 e. The highest BCUT2D eigenvalue weighted by Gasteiger charge is 2.61. The Balaban J connectivity index is 2.28. The molecule has 1 saturated carbocycles. The Labute approximate surface area is 140 Å². The van der Waals surface area contributed by atoms with Gasteiger partial charge in [0.2, 0.25) is 0 Å². The first-order valence-corrected chi connectivity index (χ1v) is 8.80. The third kappa shape index (κ3) is 1.87. The predicted molar refractivity (Wildman–Crippen MR) is 92.7 cm³/mol. The molecule has 0 aromatic heterocycles. The summed E-state index contributed by atoms with van der Waals surface area (Å²) in [6.45, 7) is 8.44. The van der Waals surface area contributed by atoms with Gasteiger partial charge in [-0.3, -0.25) is 4.79 Å². The first kappa shape index (κ1) is 15.8. The number of aliphatic hydroxyl groups excluding tert-OH is 1. The van der Waals surface area contributed by atoms with Gasteiger partial charge >= 0.3 is 0 Å². The maximum Gasteiger partial charge on any atom is 0.170 e. The number of rotatable bonds is 2. The number of halogens is 1. The maximum absolute atomic E-state index is 13.1. The van der Waals surface area contributed by atoms with Crippen molar-refractivity contribution < 1.29 is 9.90 Å². The molecule has 1 aromatic carbocycles. The molecule has 1 aromatic rings. The topological polar surface area (TPSA) is 37.3 Å². The Bertz CT molecular complexity index is 687. The zero-order chi connectivity index (χ0) is 16.3. The van der Waals surface area contributed by atoms with Gasteiger partial charge in [-0.15, -0.1) is 0 Å². The quantitative estimate of drug-likeness (QED) is 0.774. The van der Waals surface area contributed by atoms with Crippen LogP contribution in [0.25, 0.3) is 5.57 Å². The molecule has 0 amide bonds. The molecule has 0 spiro atoms. The summed E-state index contributed by atoms with van der Waals surface area (Å²) < 4.78 is 0.940. The number of fused-ring (bicyclic) bond motifs is 2. The second-order valence-corrected chi connectivity index (χ2v) is 8.30. The van der Waals surface area contributed by atoms with Crippen LogP contribution in [0.1, 0.15) is 51.7 Å². The van der Waals surface area contributed by atoms with Gasteiger partial charge in [-0.25, -0.2) is 0 Å². The number of aryl methyl sites for hydroxylation is 1. The van der Waals surface area contributed by atoms with Gasteiger partial charge in [0.25, 0.3) is 0 Å². The SMILES string of the molecule is CCc1ccc(Br)cc1C1=C(O)C2(C)CCC(C1=O)C2(C)C. The molecule has 2 nitrogen and oxygen atoms in total. The van der Waals surface area contributed by atoms with Crippen molar-refractivity contribution in [1.82, 2.24) is 0 Å². The van der Waals surface area contributed by atoms with E-state index < -0.39 is 0 Å². The van der Waals surface area contributed by atoms with Crippen LogP contribution in [-0.4, -0.2) is 10.9 Å². The van der Waals surface area contributed by atoms with Gasteiger partial charge in [0, 0.05) is 15.8 Å². The minimum Gasteiger partial charge on any atom is -0.511 e. The van der Waals surface area contributed by atoms with Gasteiger partial charge in [0.05, 0.1) is 5.57 Å². The van der Waals surface area contributed by atoms with Crippen LogP contribution in [0.15, 0.2) is 28.4 Å². The lowest BCUT2D eigenvalue weighted by Gasteiger charge is -2.45. The number of carbonyl (C=O) groups excluding carboxylic acids is 1. The van der Waals surface area contributed by atoms with Gasteiger partial charge in [-0.2, -0.15) is 0 Å². The molecule has 2 aliphatic rings. The van der Waals surface area contributed by atoms with Crippen molar-refractivity contribution in [3.63, 3.8) is 0 Å². The predicted octanol–water partition coefficient (Wildman–Crippen LogP) is 5.31. The molecular formula is C19H23BrO2. The van der Waals surface area contributed by atoms with Gasteiger partial charge in [-0.05, 0) is 47.9 Å². The second-order valence-electron chi connectivity index (χ2n) is 7.39. The van der Waals surface area contributed by atoms with Crippen LogP contribution in [0.3, 0.4) is 0 Å². The summed E-state index contributed by atoms with van der Waals surface area (Å²) >= 11 is 3.50. The largest absolute Gasteiger partial charge is 0.511 e. The Morgan fingerprint density at radius 3 is 2.64 bits per heavy atom. The molecule has 3 heteroatoms. The van der Waals surface area contributed by atoms with Crippen LogP contribution in [0.5, 0.6) is 0 Å². The highest BCUT2D eigenvalue weighted by atomic mass is 79.9. The molecule has 0 radical (unpaired) electrons. The van der Waals surface area contributed by atoms with Crippen LogP contribution in [0.2, 0.25) is 0 Å². The highest BCUT2D eigenvalue weighted by Crippen LogP contribution is 2.64. The van der Waals surface area contributed by atoms with Crippen LogP contribution in [0.4, 0.5) is 0 Å². The van der Waals surface area contributed by atoms with Crippen LogP contribution < -0.4 is 0 Å². The Kier molecular flexibility index (Phi) is 3.56. The summed E-state index contributed by atoms with van der Waals surface area (Å²) in [4.78, 5) is 13.1. The number of hydrogen-bond acceptors (Lipinski definition) is 2.